The summed E-state index contributed by atoms with van der Waals surface area (Å²) in [5.74, 6) is 0.136. The van der Waals surface area contributed by atoms with Crippen LogP contribution in [0.15, 0.2) is 18.2 Å². The van der Waals surface area contributed by atoms with Gasteiger partial charge in [-0.2, -0.15) is 5.26 Å². The first-order valence-corrected chi connectivity index (χ1v) is 10.8. The van der Waals surface area contributed by atoms with E-state index in [2.05, 4.69) is 23.2 Å². The van der Waals surface area contributed by atoms with E-state index in [0.717, 1.165) is 56.6 Å². The number of rotatable bonds is 9. The topological polar surface area (TPSA) is 76.4 Å². The van der Waals surface area contributed by atoms with Crippen LogP contribution < -0.4 is 10.2 Å². The third kappa shape index (κ3) is 7.02. The lowest BCUT2D eigenvalue weighted by Crippen LogP contribution is -2.46. The standard InChI is InChI=1S/C22H31ClN4O2/c1-3-4-11-25-22(29)18-8-13-26(14-9-18)16-21(28)27(12-5-10-24)19-6-7-20(23)17(2)15-19/h6-7,15,18H,3-5,8-9,11-14,16H2,1-2H3,(H,25,29). The molecule has 0 unspecified atom stereocenters. The number of amides is 2. The SMILES string of the molecule is CCCCNC(=O)C1CCN(CC(=O)N(CCC#N)c2ccc(Cl)c(C)c2)CC1. The molecular formula is C22H31ClN4O2. The molecule has 29 heavy (non-hydrogen) atoms. The quantitative estimate of drug-likeness (QED) is 0.622. The summed E-state index contributed by atoms with van der Waals surface area (Å²) >= 11 is 6.11. The lowest BCUT2D eigenvalue weighted by molar-refractivity contribution is -0.126. The van der Waals surface area contributed by atoms with Crippen molar-refractivity contribution >= 4 is 29.1 Å². The molecule has 1 aliphatic heterocycles. The Hall–Kier alpha value is -2.10. The van der Waals surface area contributed by atoms with Crippen LogP contribution in [0.25, 0.3) is 0 Å². The van der Waals surface area contributed by atoms with Crippen molar-refractivity contribution in [2.45, 2.75) is 46.0 Å². The van der Waals surface area contributed by atoms with E-state index in [0.29, 0.717) is 11.6 Å². The molecule has 0 aliphatic carbocycles. The predicted octanol–water partition coefficient (Wildman–Crippen LogP) is 3.52. The second kappa shape index (κ2) is 11.8. The van der Waals surface area contributed by atoms with Crippen molar-refractivity contribution in [2.75, 3.05) is 37.6 Å². The van der Waals surface area contributed by atoms with Crippen LogP contribution in [0, 0.1) is 24.2 Å². The summed E-state index contributed by atoms with van der Waals surface area (Å²) in [6.45, 7) is 6.83. The number of carbonyl (C=O) groups is 2. The van der Waals surface area contributed by atoms with Gasteiger partial charge in [0.1, 0.15) is 0 Å². The van der Waals surface area contributed by atoms with E-state index in [9.17, 15) is 9.59 Å². The monoisotopic (exact) mass is 418 g/mol. The average molecular weight is 419 g/mol. The van der Waals surface area contributed by atoms with E-state index >= 15 is 0 Å². The molecule has 0 spiro atoms. The minimum absolute atomic E-state index is 0.0341. The van der Waals surface area contributed by atoms with Crippen molar-refractivity contribution in [1.82, 2.24) is 10.2 Å². The second-order valence-corrected chi connectivity index (χ2v) is 7.99. The second-order valence-electron chi connectivity index (χ2n) is 7.58. The van der Waals surface area contributed by atoms with Crippen molar-refractivity contribution in [3.05, 3.63) is 28.8 Å². The molecule has 1 aromatic rings. The number of carbonyl (C=O) groups excluding carboxylic acids is 2. The number of nitriles is 1. The molecule has 6 nitrogen and oxygen atoms in total. The van der Waals surface area contributed by atoms with Crippen molar-refractivity contribution < 1.29 is 9.59 Å². The van der Waals surface area contributed by atoms with Crippen LogP contribution in [0.4, 0.5) is 5.69 Å². The van der Waals surface area contributed by atoms with Gasteiger partial charge in [0.2, 0.25) is 11.8 Å². The number of piperidine rings is 1. The maximum absolute atomic E-state index is 13.0. The normalized spacial score (nSPS) is 15.0. The Bertz CT molecular complexity index is 739. The van der Waals surface area contributed by atoms with Crippen molar-refractivity contribution in [3.8, 4) is 6.07 Å². The zero-order valence-corrected chi connectivity index (χ0v) is 18.2. The highest BCUT2D eigenvalue weighted by molar-refractivity contribution is 6.31. The molecule has 2 rings (SSSR count). The maximum atomic E-state index is 13.0. The fraction of sp³-hybridized carbons (Fsp3) is 0.591. The van der Waals surface area contributed by atoms with E-state index in [1.54, 1.807) is 11.0 Å². The average Bonchev–Trinajstić information content (AvgIpc) is 2.71. The minimum atomic E-state index is -0.0344. The van der Waals surface area contributed by atoms with Crippen LogP contribution in [0.2, 0.25) is 5.02 Å². The molecule has 1 aliphatic rings. The molecular weight excluding hydrogens is 388 g/mol. The summed E-state index contributed by atoms with van der Waals surface area (Å²) in [5, 5.41) is 12.6. The summed E-state index contributed by atoms with van der Waals surface area (Å²) in [4.78, 5) is 29.0. The van der Waals surface area contributed by atoms with Crippen molar-refractivity contribution in [3.63, 3.8) is 0 Å². The van der Waals surface area contributed by atoms with Gasteiger partial charge in [0.15, 0.2) is 0 Å². The molecule has 0 radical (unpaired) electrons. The van der Waals surface area contributed by atoms with Crippen molar-refractivity contribution in [1.29, 1.82) is 5.26 Å². The van der Waals surface area contributed by atoms with Crippen LogP contribution in [-0.2, 0) is 9.59 Å². The van der Waals surface area contributed by atoms with Gasteiger partial charge < -0.3 is 10.2 Å². The number of hydrogen-bond donors (Lipinski definition) is 1. The van der Waals surface area contributed by atoms with Gasteiger partial charge in [-0.05, 0) is 63.0 Å². The van der Waals surface area contributed by atoms with Crippen LogP contribution in [0.3, 0.4) is 0 Å². The van der Waals surface area contributed by atoms with Gasteiger partial charge >= 0.3 is 0 Å². The number of hydrogen-bond acceptors (Lipinski definition) is 4. The highest BCUT2D eigenvalue weighted by Crippen LogP contribution is 2.24. The summed E-state index contributed by atoms with van der Waals surface area (Å²) in [5.41, 5.74) is 1.66. The smallest absolute Gasteiger partial charge is 0.241 e. The molecule has 0 aromatic heterocycles. The lowest BCUT2D eigenvalue weighted by Gasteiger charge is -2.32. The first-order chi connectivity index (χ1) is 14.0. The Morgan fingerprint density at radius 2 is 2.07 bits per heavy atom. The third-order valence-electron chi connectivity index (χ3n) is 5.35. The number of aryl methyl sites for hydroxylation is 1. The number of likely N-dealkylation sites (tertiary alicyclic amines) is 1. The Labute approximate surface area is 178 Å². The summed E-state index contributed by atoms with van der Waals surface area (Å²) < 4.78 is 0. The van der Waals surface area contributed by atoms with E-state index in [1.807, 2.05) is 19.1 Å². The Balaban J connectivity index is 1.92. The van der Waals surface area contributed by atoms with Gasteiger partial charge in [0.05, 0.1) is 19.0 Å². The van der Waals surface area contributed by atoms with Gasteiger partial charge in [0, 0.05) is 29.7 Å². The van der Waals surface area contributed by atoms with Gasteiger partial charge in [-0.3, -0.25) is 14.5 Å². The van der Waals surface area contributed by atoms with E-state index in [4.69, 9.17) is 16.9 Å². The van der Waals surface area contributed by atoms with Gasteiger partial charge in [0.25, 0.3) is 0 Å². The summed E-state index contributed by atoms with van der Waals surface area (Å²) in [7, 11) is 0. The number of anilines is 1. The number of nitrogens with one attached hydrogen (secondary N) is 1. The van der Waals surface area contributed by atoms with Gasteiger partial charge in [-0.15, -0.1) is 0 Å². The van der Waals surface area contributed by atoms with E-state index in [1.165, 1.54) is 0 Å². The fourth-order valence-electron chi connectivity index (χ4n) is 3.52. The molecule has 158 valence electrons. The van der Waals surface area contributed by atoms with Crippen LogP contribution in [-0.4, -0.2) is 49.4 Å². The summed E-state index contributed by atoms with van der Waals surface area (Å²) in [6, 6.07) is 7.59. The largest absolute Gasteiger partial charge is 0.356 e. The molecule has 0 bridgehead atoms. The Morgan fingerprint density at radius 3 is 2.69 bits per heavy atom. The minimum Gasteiger partial charge on any atom is -0.356 e. The van der Waals surface area contributed by atoms with Crippen molar-refractivity contribution in [2.24, 2.45) is 5.92 Å². The molecule has 2 amide bonds. The predicted molar refractivity (Wildman–Crippen MR) is 116 cm³/mol. The molecule has 1 fully saturated rings. The molecule has 0 atom stereocenters. The fourth-order valence-corrected chi connectivity index (χ4v) is 3.64. The number of nitrogens with zero attached hydrogens (tertiary/aromatic N) is 3. The molecule has 1 heterocycles. The molecule has 0 saturated carbocycles. The number of benzene rings is 1. The van der Waals surface area contributed by atoms with Crippen LogP contribution in [0.1, 0.15) is 44.6 Å². The Morgan fingerprint density at radius 1 is 1.34 bits per heavy atom. The third-order valence-corrected chi connectivity index (χ3v) is 5.77. The van der Waals surface area contributed by atoms with Gasteiger partial charge in [-0.25, -0.2) is 0 Å². The maximum Gasteiger partial charge on any atom is 0.241 e. The summed E-state index contributed by atoms with van der Waals surface area (Å²) in [6.07, 6.45) is 3.87. The molecule has 1 aromatic carbocycles. The highest BCUT2D eigenvalue weighted by atomic mass is 35.5. The van der Waals surface area contributed by atoms with E-state index in [-0.39, 0.29) is 30.7 Å². The van der Waals surface area contributed by atoms with E-state index < -0.39 is 0 Å². The first kappa shape index (κ1) is 23.2. The molecule has 1 saturated heterocycles. The van der Waals surface area contributed by atoms with Crippen LogP contribution >= 0.6 is 11.6 Å². The van der Waals surface area contributed by atoms with Gasteiger partial charge in [-0.1, -0.05) is 24.9 Å². The Kier molecular flexibility index (Phi) is 9.43. The molecule has 1 N–H and O–H groups in total. The lowest BCUT2D eigenvalue weighted by atomic mass is 9.96. The number of unbranched alkanes of at least 4 members (excludes halogenated alkanes) is 1. The highest BCUT2D eigenvalue weighted by Gasteiger charge is 2.27. The number of halogens is 1. The first-order valence-electron chi connectivity index (χ1n) is 10.4. The molecule has 7 heteroatoms. The zero-order chi connectivity index (χ0) is 21.2. The zero-order valence-electron chi connectivity index (χ0n) is 17.4. The van der Waals surface area contributed by atoms with Crippen LogP contribution in [0.5, 0.6) is 0 Å².